The molecule has 0 aliphatic carbocycles. The van der Waals surface area contributed by atoms with Gasteiger partial charge in [-0.1, -0.05) is 12.1 Å². The molecule has 1 fully saturated rings. The Labute approximate surface area is 165 Å². The number of nitro groups is 1. The van der Waals surface area contributed by atoms with E-state index in [0.717, 1.165) is 29.1 Å². The van der Waals surface area contributed by atoms with Crippen LogP contribution in [0, 0.1) is 10.1 Å². The number of hydrogen-bond acceptors (Lipinski definition) is 7. The third kappa shape index (κ3) is 3.58. The third-order valence-electron chi connectivity index (χ3n) is 4.52. The molecule has 10 heteroatoms. The van der Waals surface area contributed by atoms with E-state index in [2.05, 4.69) is 4.98 Å². The molecule has 0 bridgehead atoms. The summed E-state index contributed by atoms with van der Waals surface area (Å²) in [6.07, 6.45) is 1.59. The number of aromatic nitrogens is 1. The van der Waals surface area contributed by atoms with Crippen LogP contribution < -0.4 is 4.74 Å². The molecule has 0 radical (unpaired) electrons. The van der Waals surface area contributed by atoms with Crippen LogP contribution in [0.2, 0.25) is 0 Å². The van der Waals surface area contributed by atoms with Gasteiger partial charge in [0, 0.05) is 19.2 Å². The van der Waals surface area contributed by atoms with Crippen molar-refractivity contribution >= 4 is 37.3 Å². The summed E-state index contributed by atoms with van der Waals surface area (Å²) in [7, 11) is -3.73. The maximum absolute atomic E-state index is 12.7. The number of nitrogens with zero attached hydrogens (tertiary/aromatic N) is 3. The Hall–Kier alpha value is -2.56. The highest BCUT2D eigenvalue weighted by Gasteiger charge is 2.29. The second-order valence-electron chi connectivity index (χ2n) is 6.36. The quantitative estimate of drug-likeness (QED) is 0.447. The molecule has 1 saturated heterocycles. The highest BCUT2D eigenvalue weighted by molar-refractivity contribution is 7.89. The van der Waals surface area contributed by atoms with Gasteiger partial charge in [-0.2, -0.15) is 4.31 Å². The molecule has 0 saturated carbocycles. The fraction of sp³-hybridized carbons (Fsp3) is 0.278. The molecule has 0 unspecified atom stereocenters. The smallest absolute Gasteiger partial charge is 0.312 e. The van der Waals surface area contributed by atoms with Crippen molar-refractivity contribution in [1.82, 2.24) is 9.29 Å². The first-order valence-corrected chi connectivity index (χ1v) is 11.0. The Morgan fingerprint density at radius 1 is 1.18 bits per heavy atom. The number of thiazole rings is 1. The molecule has 0 spiro atoms. The summed E-state index contributed by atoms with van der Waals surface area (Å²) >= 11 is 1.45. The standard InChI is InChI=1S/C18H17N3O5S2/c22-21(23)15-11-13(28(24,25)20-9-3-4-10-20)7-8-16(15)26-12-18-19-14-5-1-2-6-17(14)27-18/h1-2,5-8,11H,3-4,9-10,12H2. The maximum atomic E-state index is 12.7. The second-order valence-corrected chi connectivity index (χ2v) is 9.41. The van der Waals surface area contributed by atoms with Gasteiger partial charge >= 0.3 is 5.69 Å². The van der Waals surface area contributed by atoms with Crippen molar-refractivity contribution in [3.05, 3.63) is 57.6 Å². The van der Waals surface area contributed by atoms with Gasteiger partial charge in [-0.3, -0.25) is 10.1 Å². The molecule has 1 aromatic heterocycles. The Kier molecular flexibility index (Phi) is 5.00. The summed E-state index contributed by atoms with van der Waals surface area (Å²) in [6, 6.07) is 11.4. The van der Waals surface area contributed by atoms with E-state index in [0.29, 0.717) is 18.1 Å². The number of benzene rings is 2. The molecule has 28 heavy (non-hydrogen) atoms. The van der Waals surface area contributed by atoms with Gasteiger partial charge in [0.05, 0.1) is 20.0 Å². The van der Waals surface area contributed by atoms with Crippen molar-refractivity contribution in [2.45, 2.75) is 24.3 Å². The minimum atomic E-state index is -3.73. The highest BCUT2D eigenvalue weighted by atomic mass is 32.2. The van der Waals surface area contributed by atoms with E-state index in [1.807, 2.05) is 24.3 Å². The van der Waals surface area contributed by atoms with Crippen molar-refractivity contribution < 1.29 is 18.1 Å². The first-order chi connectivity index (χ1) is 13.4. The Balaban J connectivity index is 1.59. The summed E-state index contributed by atoms with van der Waals surface area (Å²) < 4.78 is 33.3. The fourth-order valence-electron chi connectivity index (χ4n) is 3.12. The van der Waals surface area contributed by atoms with Crippen LogP contribution in [-0.2, 0) is 16.6 Å². The average molecular weight is 419 g/mol. The third-order valence-corrected chi connectivity index (χ3v) is 7.42. The predicted molar refractivity (Wildman–Crippen MR) is 105 cm³/mol. The van der Waals surface area contributed by atoms with Crippen LogP contribution in [0.15, 0.2) is 47.4 Å². The lowest BCUT2D eigenvalue weighted by atomic mass is 10.3. The van der Waals surface area contributed by atoms with Crippen molar-refractivity contribution in [2.75, 3.05) is 13.1 Å². The van der Waals surface area contributed by atoms with Crippen LogP contribution in [0.3, 0.4) is 0 Å². The topological polar surface area (TPSA) is 103 Å². The van der Waals surface area contributed by atoms with Crippen LogP contribution in [-0.4, -0.2) is 35.7 Å². The van der Waals surface area contributed by atoms with Gasteiger partial charge in [0.2, 0.25) is 10.0 Å². The number of rotatable bonds is 6. The molecule has 1 aliphatic heterocycles. The first kappa shape index (κ1) is 18.8. The summed E-state index contributed by atoms with van der Waals surface area (Å²) in [5.74, 6) is 0.0182. The van der Waals surface area contributed by atoms with Crippen LogP contribution >= 0.6 is 11.3 Å². The average Bonchev–Trinajstić information content (AvgIpc) is 3.35. The zero-order valence-corrected chi connectivity index (χ0v) is 16.4. The lowest BCUT2D eigenvalue weighted by molar-refractivity contribution is -0.386. The zero-order chi connectivity index (χ0) is 19.7. The predicted octanol–water partition coefficient (Wildman–Crippen LogP) is 3.57. The molecule has 0 atom stereocenters. The minimum absolute atomic E-state index is 0.0182. The summed E-state index contributed by atoms with van der Waals surface area (Å²) in [6.45, 7) is 0.941. The van der Waals surface area contributed by atoms with Crippen LogP contribution in [0.25, 0.3) is 10.2 Å². The van der Waals surface area contributed by atoms with E-state index in [1.54, 1.807) is 0 Å². The second kappa shape index (κ2) is 7.46. The SMILES string of the molecule is O=[N+]([O-])c1cc(S(=O)(=O)N2CCCC2)ccc1OCc1nc2ccccc2s1. The Morgan fingerprint density at radius 2 is 1.93 bits per heavy atom. The summed E-state index contributed by atoms with van der Waals surface area (Å²) in [5, 5.41) is 12.2. The zero-order valence-electron chi connectivity index (χ0n) is 14.8. The van der Waals surface area contributed by atoms with Gasteiger partial charge in [-0.15, -0.1) is 11.3 Å². The van der Waals surface area contributed by atoms with E-state index >= 15 is 0 Å². The van der Waals surface area contributed by atoms with Crippen molar-refractivity contribution in [1.29, 1.82) is 0 Å². The van der Waals surface area contributed by atoms with Crippen molar-refractivity contribution in [2.24, 2.45) is 0 Å². The lowest BCUT2D eigenvalue weighted by Crippen LogP contribution is -2.27. The molecule has 1 aliphatic rings. The normalized spacial score (nSPS) is 15.1. The molecule has 0 N–H and O–H groups in total. The van der Waals surface area contributed by atoms with E-state index in [-0.39, 0.29) is 22.9 Å². The van der Waals surface area contributed by atoms with Gasteiger partial charge in [0.1, 0.15) is 11.6 Å². The summed E-state index contributed by atoms with van der Waals surface area (Å²) in [4.78, 5) is 15.2. The molecule has 4 rings (SSSR count). The molecule has 2 heterocycles. The molecule has 3 aromatic rings. The highest BCUT2D eigenvalue weighted by Crippen LogP contribution is 2.33. The van der Waals surface area contributed by atoms with E-state index in [4.69, 9.17) is 4.74 Å². The Bertz CT molecular complexity index is 1100. The van der Waals surface area contributed by atoms with E-state index in [9.17, 15) is 18.5 Å². The number of hydrogen-bond donors (Lipinski definition) is 0. The van der Waals surface area contributed by atoms with Gasteiger partial charge in [-0.05, 0) is 37.1 Å². The van der Waals surface area contributed by atoms with Crippen LogP contribution in [0.1, 0.15) is 17.8 Å². The largest absolute Gasteiger partial charge is 0.479 e. The first-order valence-electron chi connectivity index (χ1n) is 8.71. The number of nitro benzene ring substituents is 1. The molecule has 2 aromatic carbocycles. The Morgan fingerprint density at radius 3 is 2.64 bits per heavy atom. The monoisotopic (exact) mass is 419 g/mol. The van der Waals surface area contributed by atoms with Crippen LogP contribution in [0.4, 0.5) is 5.69 Å². The van der Waals surface area contributed by atoms with E-state index in [1.165, 1.54) is 27.8 Å². The molecule has 0 amide bonds. The minimum Gasteiger partial charge on any atom is -0.479 e. The van der Waals surface area contributed by atoms with Crippen molar-refractivity contribution in [3.63, 3.8) is 0 Å². The number of para-hydroxylation sites is 1. The molecule has 8 nitrogen and oxygen atoms in total. The molecule has 146 valence electrons. The van der Waals surface area contributed by atoms with Gasteiger partial charge in [0.25, 0.3) is 0 Å². The number of sulfonamides is 1. The van der Waals surface area contributed by atoms with Gasteiger partial charge in [0.15, 0.2) is 5.75 Å². The van der Waals surface area contributed by atoms with Crippen LogP contribution in [0.5, 0.6) is 5.75 Å². The number of fused-ring (bicyclic) bond motifs is 1. The molecular formula is C18H17N3O5S2. The maximum Gasteiger partial charge on any atom is 0.312 e. The van der Waals surface area contributed by atoms with E-state index < -0.39 is 14.9 Å². The number of ether oxygens (including phenoxy) is 1. The fourth-order valence-corrected chi connectivity index (χ4v) is 5.54. The summed E-state index contributed by atoms with van der Waals surface area (Å²) in [5.41, 5.74) is 0.467. The van der Waals surface area contributed by atoms with Gasteiger partial charge in [-0.25, -0.2) is 13.4 Å². The lowest BCUT2D eigenvalue weighted by Gasteiger charge is -2.15. The van der Waals surface area contributed by atoms with Crippen molar-refractivity contribution in [3.8, 4) is 5.75 Å². The molecular weight excluding hydrogens is 402 g/mol. The van der Waals surface area contributed by atoms with Gasteiger partial charge < -0.3 is 4.74 Å².